The van der Waals surface area contributed by atoms with E-state index in [1.165, 1.54) is 25.3 Å². The third-order valence-corrected chi connectivity index (χ3v) is 2.83. The molecule has 0 radical (unpaired) electrons. The van der Waals surface area contributed by atoms with Gasteiger partial charge in [-0.3, -0.25) is 4.79 Å². The van der Waals surface area contributed by atoms with E-state index in [4.69, 9.17) is 4.74 Å². The largest absolute Gasteiger partial charge is 0.466 e. The number of rotatable bonds is 3. The Labute approximate surface area is 123 Å². The molecule has 1 aromatic rings. The van der Waals surface area contributed by atoms with Gasteiger partial charge in [-0.05, 0) is 24.3 Å². The van der Waals surface area contributed by atoms with Crippen LogP contribution in [0.25, 0.3) is 0 Å². The number of ketones is 1. The molecule has 0 aromatic heterocycles. The fraction of sp³-hybridized carbons (Fsp3) is 0.200. The number of methoxy groups -OCH3 is 1. The molecular formula is C15H11F3O4. The highest BCUT2D eigenvalue weighted by Gasteiger charge is 2.30. The first kappa shape index (κ1) is 15.8. The van der Waals surface area contributed by atoms with Crippen LogP contribution >= 0.6 is 0 Å². The van der Waals surface area contributed by atoms with Gasteiger partial charge in [-0.15, -0.1) is 0 Å². The van der Waals surface area contributed by atoms with Gasteiger partial charge in [-0.1, -0.05) is 6.07 Å². The minimum atomic E-state index is -4.50. The Morgan fingerprint density at radius 2 is 1.95 bits per heavy atom. The van der Waals surface area contributed by atoms with Crippen LogP contribution in [0.4, 0.5) is 13.2 Å². The van der Waals surface area contributed by atoms with Gasteiger partial charge in [0.2, 0.25) is 0 Å². The predicted molar refractivity (Wildman–Crippen MR) is 69.9 cm³/mol. The van der Waals surface area contributed by atoms with Crippen molar-refractivity contribution in [1.82, 2.24) is 0 Å². The Morgan fingerprint density at radius 1 is 1.23 bits per heavy atom. The van der Waals surface area contributed by atoms with E-state index in [0.717, 1.165) is 18.2 Å². The van der Waals surface area contributed by atoms with E-state index in [1.54, 1.807) is 0 Å². The minimum Gasteiger partial charge on any atom is -0.466 e. The molecule has 116 valence electrons. The second kappa shape index (κ2) is 6.05. The fourth-order valence-electron chi connectivity index (χ4n) is 1.85. The quantitative estimate of drug-likeness (QED) is 0.805. The topological polar surface area (TPSA) is 52.6 Å². The van der Waals surface area contributed by atoms with Gasteiger partial charge in [0.05, 0.1) is 12.7 Å². The van der Waals surface area contributed by atoms with Crippen LogP contribution in [-0.2, 0) is 20.5 Å². The van der Waals surface area contributed by atoms with Crippen LogP contribution in [0.5, 0.6) is 5.75 Å². The lowest BCUT2D eigenvalue weighted by atomic mass is 10.0. The van der Waals surface area contributed by atoms with Gasteiger partial charge in [0.15, 0.2) is 5.78 Å². The summed E-state index contributed by atoms with van der Waals surface area (Å²) in [6, 6.07) is 4.23. The fourth-order valence-corrected chi connectivity index (χ4v) is 1.85. The second-order valence-corrected chi connectivity index (χ2v) is 4.48. The molecule has 0 spiro atoms. The van der Waals surface area contributed by atoms with Crippen LogP contribution in [0.1, 0.15) is 12.0 Å². The van der Waals surface area contributed by atoms with Gasteiger partial charge in [-0.25, -0.2) is 4.79 Å². The van der Waals surface area contributed by atoms with E-state index in [9.17, 15) is 22.8 Å². The first-order chi connectivity index (χ1) is 10.3. The number of alkyl halides is 3. The van der Waals surface area contributed by atoms with Gasteiger partial charge >= 0.3 is 12.1 Å². The number of carbonyl (C=O) groups excluding carboxylic acids is 2. The molecule has 0 N–H and O–H groups in total. The Kier molecular flexibility index (Phi) is 4.35. The Bertz CT molecular complexity index is 672. The lowest BCUT2D eigenvalue weighted by Gasteiger charge is -2.14. The third kappa shape index (κ3) is 3.75. The lowest BCUT2D eigenvalue weighted by Crippen LogP contribution is -2.14. The van der Waals surface area contributed by atoms with Crippen molar-refractivity contribution in [2.45, 2.75) is 12.6 Å². The molecule has 4 nitrogen and oxygen atoms in total. The summed E-state index contributed by atoms with van der Waals surface area (Å²) in [7, 11) is 1.17. The molecule has 22 heavy (non-hydrogen) atoms. The van der Waals surface area contributed by atoms with Crippen molar-refractivity contribution >= 4 is 11.8 Å². The summed E-state index contributed by atoms with van der Waals surface area (Å²) in [5.74, 6) is -1.19. The standard InChI is InChI=1S/C15H11F3O4/c1-21-14(20)9-5-11(19)8-13(6-9)22-12-4-2-3-10(7-12)15(16,17)18/h2-4,6-8H,5H2,1H3. The average molecular weight is 312 g/mol. The molecule has 0 saturated heterocycles. The van der Waals surface area contributed by atoms with E-state index in [-0.39, 0.29) is 23.5 Å². The van der Waals surface area contributed by atoms with Crippen LogP contribution in [0, 0.1) is 0 Å². The van der Waals surface area contributed by atoms with E-state index in [2.05, 4.69) is 4.74 Å². The van der Waals surface area contributed by atoms with Crippen LogP contribution in [0.15, 0.2) is 47.7 Å². The van der Waals surface area contributed by atoms with Crippen LogP contribution < -0.4 is 4.74 Å². The third-order valence-electron chi connectivity index (χ3n) is 2.83. The number of hydrogen-bond donors (Lipinski definition) is 0. The number of allylic oxidation sites excluding steroid dienone is 2. The van der Waals surface area contributed by atoms with Crippen LogP contribution in [0.2, 0.25) is 0 Å². The molecule has 0 unspecified atom stereocenters. The Balaban J connectivity index is 2.25. The van der Waals surface area contributed by atoms with E-state index in [0.29, 0.717) is 0 Å². The van der Waals surface area contributed by atoms with Crippen molar-refractivity contribution in [3.63, 3.8) is 0 Å². The maximum absolute atomic E-state index is 12.6. The van der Waals surface area contributed by atoms with Crippen molar-refractivity contribution in [3.8, 4) is 5.75 Å². The predicted octanol–water partition coefficient (Wildman–Crippen LogP) is 3.04. The molecule has 7 heteroatoms. The highest BCUT2D eigenvalue weighted by molar-refractivity contribution is 6.02. The highest BCUT2D eigenvalue weighted by Crippen LogP contribution is 2.32. The zero-order valence-electron chi connectivity index (χ0n) is 11.4. The number of hydrogen-bond acceptors (Lipinski definition) is 4. The summed E-state index contributed by atoms with van der Waals surface area (Å²) in [4.78, 5) is 23.0. The monoisotopic (exact) mass is 312 g/mol. The van der Waals surface area contributed by atoms with E-state index in [1.807, 2.05) is 0 Å². The van der Waals surface area contributed by atoms with Gasteiger partial charge in [-0.2, -0.15) is 13.2 Å². The first-order valence-corrected chi connectivity index (χ1v) is 6.18. The summed E-state index contributed by atoms with van der Waals surface area (Å²) in [5.41, 5.74) is -0.790. The molecule has 1 aliphatic rings. The molecule has 0 fully saturated rings. The van der Waals surface area contributed by atoms with Crippen molar-refractivity contribution in [2.24, 2.45) is 0 Å². The van der Waals surface area contributed by atoms with Gasteiger partial charge in [0.1, 0.15) is 11.5 Å². The number of esters is 1. The molecule has 0 heterocycles. The number of benzene rings is 1. The summed E-state index contributed by atoms with van der Waals surface area (Å²) < 4.78 is 47.6. The Hall–Kier alpha value is -2.57. The molecule has 2 rings (SSSR count). The summed E-state index contributed by atoms with van der Waals surface area (Å²) in [5, 5.41) is 0. The highest BCUT2D eigenvalue weighted by atomic mass is 19.4. The molecule has 0 saturated carbocycles. The van der Waals surface area contributed by atoms with Gasteiger partial charge < -0.3 is 9.47 Å². The SMILES string of the molecule is COC(=O)C1=CC(Oc2cccc(C(F)(F)F)c2)=CC(=O)C1. The zero-order valence-corrected chi connectivity index (χ0v) is 11.4. The number of ether oxygens (including phenoxy) is 2. The molecule has 0 amide bonds. The second-order valence-electron chi connectivity index (χ2n) is 4.48. The zero-order chi connectivity index (χ0) is 16.3. The summed E-state index contributed by atoms with van der Waals surface area (Å²) in [6.45, 7) is 0. The maximum atomic E-state index is 12.6. The summed E-state index contributed by atoms with van der Waals surface area (Å²) >= 11 is 0. The van der Waals surface area contributed by atoms with Crippen molar-refractivity contribution in [1.29, 1.82) is 0 Å². The molecule has 0 atom stereocenters. The van der Waals surface area contributed by atoms with Crippen molar-refractivity contribution in [3.05, 3.63) is 53.3 Å². The smallest absolute Gasteiger partial charge is 0.416 e. The first-order valence-electron chi connectivity index (χ1n) is 6.18. The lowest BCUT2D eigenvalue weighted by molar-refractivity contribution is -0.138. The summed E-state index contributed by atoms with van der Waals surface area (Å²) in [6.07, 6.45) is -2.24. The van der Waals surface area contributed by atoms with E-state index < -0.39 is 23.5 Å². The average Bonchev–Trinajstić information content (AvgIpc) is 2.45. The number of carbonyl (C=O) groups is 2. The van der Waals surface area contributed by atoms with Crippen molar-refractivity contribution in [2.75, 3.05) is 7.11 Å². The Morgan fingerprint density at radius 3 is 2.59 bits per heavy atom. The molecule has 1 aliphatic carbocycles. The van der Waals surface area contributed by atoms with E-state index >= 15 is 0 Å². The van der Waals surface area contributed by atoms with Crippen molar-refractivity contribution < 1.29 is 32.2 Å². The molecular weight excluding hydrogens is 301 g/mol. The normalized spacial score (nSPS) is 15.0. The van der Waals surface area contributed by atoms with Crippen LogP contribution in [-0.4, -0.2) is 18.9 Å². The van der Waals surface area contributed by atoms with Crippen LogP contribution in [0.3, 0.4) is 0 Å². The molecule has 1 aromatic carbocycles. The van der Waals surface area contributed by atoms with Gasteiger partial charge in [0, 0.05) is 18.1 Å². The maximum Gasteiger partial charge on any atom is 0.416 e. The molecule has 0 aliphatic heterocycles. The van der Waals surface area contributed by atoms with Gasteiger partial charge in [0.25, 0.3) is 0 Å². The minimum absolute atomic E-state index is 0.0176. The number of halogens is 3. The molecule has 0 bridgehead atoms.